The van der Waals surface area contributed by atoms with E-state index in [0.29, 0.717) is 5.92 Å². The Morgan fingerprint density at radius 1 is 0.377 bits per heavy atom. The molecular weight excluding hydrogens is 741 g/mol. The van der Waals surface area contributed by atoms with Crippen LogP contribution in [-0.2, 0) is 0 Å². The van der Waals surface area contributed by atoms with Gasteiger partial charge in [-0.25, -0.2) is 0 Å². The summed E-state index contributed by atoms with van der Waals surface area (Å²) in [6.45, 7) is 6.60. The summed E-state index contributed by atoms with van der Waals surface area (Å²) < 4.78 is 0. The van der Waals surface area contributed by atoms with E-state index < -0.39 is 0 Å². The van der Waals surface area contributed by atoms with E-state index in [0.717, 1.165) is 64.8 Å². The van der Waals surface area contributed by atoms with Gasteiger partial charge in [0, 0.05) is 68.3 Å². The van der Waals surface area contributed by atoms with Gasteiger partial charge >= 0.3 is 0 Å². The van der Waals surface area contributed by atoms with E-state index in [-0.39, 0.29) is 0 Å². The summed E-state index contributed by atoms with van der Waals surface area (Å²) in [6, 6.07) is 67.7. The molecule has 0 fully saturated rings. The van der Waals surface area contributed by atoms with Crippen LogP contribution in [0.1, 0.15) is 37.3 Å². The molecule has 1 atom stereocenters. The summed E-state index contributed by atoms with van der Waals surface area (Å²) in [5.74, 6) is 0.479. The molecule has 0 N–H and O–H groups in total. The molecule has 0 aromatic heterocycles. The van der Waals surface area contributed by atoms with Crippen molar-refractivity contribution in [1.82, 2.24) is 0 Å². The third-order valence-electron chi connectivity index (χ3n) is 11.5. The van der Waals surface area contributed by atoms with Gasteiger partial charge in [0.1, 0.15) is 0 Å². The number of para-hydroxylation sites is 3. The highest BCUT2D eigenvalue weighted by Gasteiger charge is 2.24. The first-order valence-electron chi connectivity index (χ1n) is 21.5. The highest BCUT2D eigenvalue weighted by atomic mass is 15.2. The van der Waals surface area contributed by atoms with Crippen LogP contribution in [0.15, 0.2) is 236 Å². The Kier molecular flexibility index (Phi) is 11.5. The maximum atomic E-state index is 2.44. The number of anilines is 9. The van der Waals surface area contributed by atoms with Crippen LogP contribution in [0.5, 0.6) is 0 Å². The van der Waals surface area contributed by atoms with E-state index in [4.69, 9.17) is 0 Å². The molecule has 2 aliphatic carbocycles. The molecule has 0 aliphatic heterocycles. The molecule has 0 saturated carbocycles. The lowest BCUT2D eigenvalue weighted by molar-refractivity contribution is 0.726. The highest BCUT2D eigenvalue weighted by Crippen LogP contribution is 2.42. The summed E-state index contributed by atoms with van der Waals surface area (Å²) in [5, 5.41) is 0. The normalized spacial score (nSPS) is 14.7. The number of hydrogen-bond donors (Lipinski definition) is 0. The van der Waals surface area contributed by atoms with Crippen LogP contribution in [0, 0.1) is 19.8 Å². The zero-order valence-corrected chi connectivity index (χ0v) is 35.3. The number of benzene rings is 7. The largest absolute Gasteiger partial charge is 0.314 e. The van der Waals surface area contributed by atoms with Gasteiger partial charge in [-0.1, -0.05) is 97.9 Å². The molecule has 0 saturated heterocycles. The Bertz CT molecular complexity index is 2700. The fourth-order valence-corrected chi connectivity index (χ4v) is 8.58. The van der Waals surface area contributed by atoms with Crippen molar-refractivity contribution in [2.45, 2.75) is 40.0 Å². The first-order chi connectivity index (χ1) is 30.0. The predicted octanol–water partition coefficient (Wildman–Crippen LogP) is 15.9. The Labute approximate surface area is 362 Å². The van der Waals surface area contributed by atoms with Gasteiger partial charge in [0.25, 0.3) is 0 Å². The molecule has 4 heteroatoms. The molecular formula is C57H52N4. The number of hydrogen-bond acceptors (Lipinski definition) is 4. The summed E-state index contributed by atoms with van der Waals surface area (Å²) >= 11 is 0. The topological polar surface area (TPSA) is 13.0 Å². The third-order valence-corrected chi connectivity index (χ3v) is 11.5. The quantitative estimate of drug-likeness (QED) is 0.122. The first-order valence-corrected chi connectivity index (χ1v) is 21.5. The van der Waals surface area contributed by atoms with E-state index in [9.17, 15) is 0 Å². The van der Waals surface area contributed by atoms with Crippen molar-refractivity contribution < 1.29 is 0 Å². The first kappa shape index (κ1) is 39.2. The summed E-state index contributed by atoms with van der Waals surface area (Å²) in [5.41, 5.74) is 16.4. The van der Waals surface area contributed by atoms with Crippen LogP contribution in [0.4, 0.5) is 51.2 Å². The molecule has 300 valence electrons. The van der Waals surface area contributed by atoms with Gasteiger partial charge < -0.3 is 19.6 Å². The fraction of sp³-hybridized carbons (Fsp3) is 0.123. The Morgan fingerprint density at radius 3 is 1.18 bits per heavy atom. The van der Waals surface area contributed by atoms with Gasteiger partial charge in [-0.2, -0.15) is 0 Å². The molecule has 0 bridgehead atoms. The predicted molar refractivity (Wildman–Crippen MR) is 259 cm³/mol. The summed E-state index contributed by atoms with van der Waals surface area (Å²) in [4.78, 5) is 9.55. The average Bonchev–Trinajstić information content (AvgIpc) is 3.30. The molecule has 0 amide bonds. The monoisotopic (exact) mass is 792 g/mol. The lowest BCUT2D eigenvalue weighted by Gasteiger charge is -2.34. The second kappa shape index (κ2) is 17.9. The van der Waals surface area contributed by atoms with Gasteiger partial charge in [0.15, 0.2) is 0 Å². The second-order valence-corrected chi connectivity index (χ2v) is 16.1. The molecule has 7 aromatic rings. The van der Waals surface area contributed by atoms with Crippen molar-refractivity contribution in [3.63, 3.8) is 0 Å². The molecule has 9 rings (SSSR count). The second-order valence-electron chi connectivity index (χ2n) is 16.1. The van der Waals surface area contributed by atoms with Crippen molar-refractivity contribution >= 4 is 51.2 Å². The van der Waals surface area contributed by atoms with Crippen LogP contribution >= 0.6 is 0 Å². The lowest BCUT2D eigenvalue weighted by Crippen LogP contribution is -2.22. The number of aryl methyl sites for hydroxylation is 2. The zero-order valence-electron chi connectivity index (χ0n) is 35.3. The number of nitrogens with zero attached hydrogens (tertiary/aromatic N) is 4. The SMILES string of the molecule is Cc1cccc(N(C2=CC=C(N(c3ccc(N(C4=CC(C)CC=C4)c4ccccc4)cc3)c3ccc(N(c4ccccc4)c4cccc(C)c4)cc3)CC2)c2ccccc2)c1. The van der Waals surface area contributed by atoms with Crippen molar-refractivity contribution in [1.29, 1.82) is 0 Å². The van der Waals surface area contributed by atoms with Crippen LogP contribution in [0.3, 0.4) is 0 Å². The van der Waals surface area contributed by atoms with Crippen molar-refractivity contribution in [2.75, 3.05) is 19.6 Å². The Hall–Kier alpha value is -7.30. The van der Waals surface area contributed by atoms with Gasteiger partial charge in [0.05, 0.1) is 0 Å². The summed E-state index contributed by atoms with van der Waals surface area (Å²) in [6.07, 6.45) is 14.4. The van der Waals surface area contributed by atoms with E-state index >= 15 is 0 Å². The fourth-order valence-electron chi connectivity index (χ4n) is 8.58. The maximum absolute atomic E-state index is 2.44. The van der Waals surface area contributed by atoms with Gasteiger partial charge in [0.2, 0.25) is 0 Å². The Balaban J connectivity index is 1.13. The standard InChI is InChI=1S/C57H52N4/c1-43-16-13-25-55(40-43)59(46-19-7-4-8-20-46)52-34-28-49(29-35-52)58(50-30-36-53(37-31-50)60(47-21-9-5-10-22-47)56-26-14-17-44(2)41-56)51-32-38-54(39-33-51)61(48-23-11-6-12-24-48)57-27-15-18-45(3)42-57/h4-17,19-30,32-36,38-42,45H,18,31,37H2,1-3H3. The van der Waals surface area contributed by atoms with Gasteiger partial charge in [-0.05, 0) is 178 Å². The van der Waals surface area contributed by atoms with Crippen molar-refractivity contribution in [2.24, 2.45) is 5.92 Å². The minimum atomic E-state index is 0.479. The average molecular weight is 793 g/mol. The van der Waals surface area contributed by atoms with Crippen LogP contribution in [0.2, 0.25) is 0 Å². The third kappa shape index (κ3) is 8.71. The minimum absolute atomic E-state index is 0.479. The van der Waals surface area contributed by atoms with Crippen LogP contribution in [0.25, 0.3) is 0 Å². The zero-order chi connectivity index (χ0) is 41.5. The van der Waals surface area contributed by atoms with Crippen molar-refractivity contribution in [3.05, 3.63) is 247 Å². The lowest BCUT2D eigenvalue weighted by atomic mass is 10.00. The minimum Gasteiger partial charge on any atom is -0.314 e. The molecule has 2 aliphatic rings. The molecule has 0 heterocycles. The smallest absolute Gasteiger partial charge is 0.0464 e. The number of allylic oxidation sites excluding steroid dienone is 7. The van der Waals surface area contributed by atoms with Crippen LogP contribution in [-0.4, -0.2) is 0 Å². The van der Waals surface area contributed by atoms with Crippen LogP contribution < -0.4 is 19.6 Å². The molecule has 0 spiro atoms. The highest BCUT2D eigenvalue weighted by molar-refractivity contribution is 5.80. The van der Waals surface area contributed by atoms with E-state index in [2.05, 4.69) is 259 Å². The van der Waals surface area contributed by atoms with E-state index in [1.807, 2.05) is 0 Å². The Morgan fingerprint density at radius 2 is 0.738 bits per heavy atom. The molecule has 61 heavy (non-hydrogen) atoms. The molecule has 4 nitrogen and oxygen atoms in total. The molecule has 7 aromatic carbocycles. The van der Waals surface area contributed by atoms with E-state index in [1.165, 1.54) is 33.9 Å². The summed E-state index contributed by atoms with van der Waals surface area (Å²) in [7, 11) is 0. The molecule has 0 radical (unpaired) electrons. The molecule has 1 unspecified atom stereocenters. The van der Waals surface area contributed by atoms with Gasteiger partial charge in [-0.3, -0.25) is 0 Å². The maximum Gasteiger partial charge on any atom is 0.0464 e. The number of rotatable bonds is 12. The van der Waals surface area contributed by atoms with Crippen molar-refractivity contribution in [3.8, 4) is 0 Å². The van der Waals surface area contributed by atoms with E-state index in [1.54, 1.807) is 0 Å². The van der Waals surface area contributed by atoms with Gasteiger partial charge in [-0.15, -0.1) is 0 Å².